The van der Waals surface area contributed by atoms with E-state index in [4.69, 9.17) is 0 Å². The number of hydrogen-bond acceptors (Lipinski definition) is 3. The normalized spacial score (nSPS) is 13.8. The number of amides is 1. The molecule has 2 aromatic heterocycles. The number of hydrogen-bond donors (Lipinski definition) is 1. The van der Waals surface area contributed by atoms with Gasteiger partial charge in [0.15, 0.2) is 0 Å². The number of nitrogens with zero attached hydrogens (tertiary/aromatic N) is 2. The highest BCUT2D eigenvalue weighted by molar-refractivity contribution is 6.08. The zero-order chi connectivity index (χ0) is 17.6. The Hall–Kier alpha value is -2.95. The number of para-hydroxylation sites is 1. The number of anilines is 1. The summed E-state index contributed by atoms with van der Waals surface area (Å²) in [5.41, 5.74) is 2.95. The lowest BCUT2D eigenvalue weighted by Crippen LogP contribution is -2.31. The molecule has 1 aliphatic rings. The number of carbonyl (C=O) groups excluding carboxylic acids is 1. The average Bonchev–Trinajstić information content (AvgIpc) is 3.39. The molecular formula is C20H19N3O2. The summed E-state index contributed by atoms with van der Waals surface area (Å²) >= 11 is 0. The summed E-state index contributed by atoms with van der Waals surface area (Å²) in [5, 5.41) is 3.82. The van der Waals surface area contributed by atoms with Gasteiger partial charge >= 0.3 is 0 Å². The third kappa shape index (κ3) is 2.71. The quantitative estimate of drug-likeness (QED) is 0.796. The van der Waals surface area contributed by atoms with Crippen molar-refractivity contribution in [2.75, 3.05) is 5.32 Å². The summed E-state index contributed by atoms with van der Waals surface area (Å²) in [6.07, 6.45) is 3.69. The summed E-state index contributed by atoms with van der Waals surface area (Å²) in [4.78, 5) is 30.1. The molecule has 0 spiro atoms. The van der Waals surface area contributed by atoms with Crippen LogP contribution in [0.25, 0.3) is 10.9 Å². The largest absolute Gasteiger partial charge is 0.320 e. The molecule has 0 aliphatic heterocycles. The van der Waals surface area contributed by atoms with E-state index in [1.807, 2.05) is 44.2 Å². The maximum absolute atomic E-state index is 12.9. The third-order valence-corrected chi connectivity index (χ3v) is 4.65. The van der Waals surface area contributed by atoms with Crippen LogP contribution in [0, 0.1) is 13.8 Å². The fraction of sp³-hybridized carbons (Fsp3) is 0.250. The topological polar surface area (TPSA) is 64.0 Å². The highest BCUT2D eigenvalue weighted by Gasteiger charge is 2.28. The first-order chi connectivity index (χ1) is 12.1. The van der Waals surface area contributed by atoms with Crippen LogP contribution in [0.4, 0.5) is 5.69 Å². The Morgan fingerprint density at radius 1 is 1.20 bits per heavy atom. The standard InChI is InChI=1S/C20H19N3O2/c1-12-11-13(2)23(15-8-9-15)20(25)17(12)19(24)22-16-7-3-5-14-6-4-10-21-18(14)16/h3-7,10-11,15H,8-9H2,1-2H3,(H,22,24). The van der Waals surface area contributed by atoms with Crippen LogP contribution in [0.3, 0.4) is 0 Å². The van der Waals surface area contributed by atoms with Gasteiger partial charge in [0.25, 0.3) is 11.5 Å². The molecule has 1 amide bonds. The molecule has 2 heterocycles. The van der Waals surface area contributed by atoms with Crippen LogP contribution in [-0.2, 0) is 0 Å². The minimum Gasteiger partial charge on any atom is -0.320 e. The van der Waals surface area contributed by atoms with Crippen LogP contribution in [0.15, 0.2) is 47.4 Å². The van der Waals surface area contributed by atoms with E-state index < -0.39 is 0 Å². The fourth-order valence-electron chi connectivity index (χ4n) is 3.36. The second-order valence-corrected chi connectivity index (χ2v) is 6.58. The zero-order valence-corrected chi connectivity index (χ0v) is 14.2. The molecule has 25 heavy (non-hydrogen) atoms. The first-order valence-electron chi connectivity index (χ1n) is 8.44. The molecule has 0 bridgehead atoms. The Labute approximate surface area is 145 Å². The molecule has 3 aromatic rings. The van der Waals surface area contributed by atoms with Gasteiger partial charge in [-0.1, -0.05) is 18.2 Å². The molecule has 5 nitrogen and oxygen atoms in total. The molecular weight excluding hydrogens is 314 g/mol. The lowest BCUT2D eigenvalue weighted by molar-refractivity contribution is 0.102. The van der Waals surface area contributed by atoms with Crippen LogP contribution < -0.4 is 10.9 Å². The van der Waals surface area contributed by atoms with Gasteiger partial charge in [0.2, 0.25) is 0 Å². The van der Waals surface area contributed by atoms with Crippen molar-refractivity contribution in [1.29, 1.82) is 0 Å². The molecule has 1 saturated carbocycles. The Balaban J connectivity index is 1.77. The second-order valence-electron chi connectivity index (χ2n) is 6.58. The van der Waals surface area contributed by atoms with Gasteiger partial charge in [-0.15, -0.1) is 0 Å². The predicted molar refractivity (Wildman–Crippen MR) is 98.1 cm³/mol. The predicted octanol–water partition coefficient (Wildman–Crippen LogP) is 3.60. The van der Waals surface area contributed by atoms with E-state index in [1.54, 1.807) is 16.8 Å². The van der Waals surface area contributed by atoms with Gasteiger partial charge in [0.1, 0.15) is 5.56 Å². The van der Waals surface area contributed by atoms with Crippen molar-refractivity contribution in [2.24, 2.45) is 0 Å². The number of nitrogens with one attached hydrogen (secondary N) is 1. The number of carbonyl (C=O) groups is 1. The first kappa shape index (κ1) is 15.6. The van der Waals surface area contributed by atoms with E-state index in [0.717, 1.165) is 23.9 Å². The average molecular weight is 333 g/mol. The van der Waals surface area contributed by atoms with Crippen molar-refractivity contribution in [3.63, 3.8) is 0 Å². The highest BCUT2D eigenvalue weighted by Crippen LogP contribution is 2.34. The number of pyridine rings is 2. The Morgan fingerprint density at radius 2 is 1.96 bits per heavy atom. The molecule has 0 saturated heterocycles. The van der Waals surface area contributed by atoms with Gasteiger partial charge in [-0.05, 0) is 50.5 Å². The van der Waals surface area contributed by atoms with Crippen LogP contribution in [0.5, 0.6) is 0 Å². The summed E-state index contributed by atoms with van der Waals surface area (Å²) in [6, 6.07) is 11.5. The number of aromatic nitrogens is 2. The minimum atomic E-state index is -0.380. The molecule has 126 valence electrons. The molecule has 4 rings (SSSR count). The number of rotatable bonds is 3. The van der Waals surface area contributed by atoms with Gasteiger partial charge < -0.3 is 9.88 Å². The highest BCUT2D eigenvalue weighted by atomic mass is 16.2. The van der Waals surface area contributed by atoms with E-state index in [-0.39, 0.29) is 23.1 Å². The monoisotopic (exact) mass is 333 g/mol. The lowest BCUT2D eigenvalue weighted by atomic mass is 10.1. The lowest BCUT2D eigenvalue weighted by Gasteiger charge is -2.14. The third-order valence-electron chi connectivity index (χ3n) is 4.65. The van der Waals surface area contributed by atoms with Gasteiger partial charge in [0.05, 0.1) is 11.2 Å². The zero-order valence-electron chi connectivity index (χ0n) is 14.2. The van der Waals surface area contributed by atoms with Crippen molar-refractivity contribution in [2.45, 2.75) is 32.7 Å². The summed E-state index contributed by atoms with van der Waals surface area (Å²) in [6.45, 7) is 3.73. The maximum Gasteiger partial charge on any atom is 0.264 e. The van der Waals surface area contributed by atoms with E-state index >= 15 is 0 Å². The van der Waals surface area contributed by atoms with E-state index in [1.165, 1.54) is 0 Å². The fourth-order valence-corrected chi connectivity index (χ4v) is 3.36. The molecule has 0 radical (unpaired) electrons. The Kier molecular flexibility index (Phi) is 3.64. The summed E-state index contributed by atoms with van der Waals surface area (Å²) in [7, 11) is 0. The molecule has 0 atom stereocenters. The molecule has 0 unspecified atom stereocenters. The van der Waals surface area contributed by atoms with Crippen molar-refractivity contribution in [3.05, 3.63) is 69.8 Å². The number of aryl methyl sites for hydroxylation is 2. The van der Waals surface area contributed by atoms with Crippen LogP contribution >= 0.6 is 0 Å². The maximum atomic E-state index is 12.9. The van der Waals surface area contributed by atoms with Crippen molar-refractivity contribution in [1.82, 2.24) is 9.55 Å². The van der Waals surface area contributed by atoms with E-state index in [0.29, 0.717) is 16.8 Å². The minimum absolute atomic E-state index is 0.203. The molecule has 1 N–H and O–H groups in total. The first-order valence-corrected chi connectivity index (χ1v) is 8.44. The number of fused-ring (bicyclic) bond motifs is 1. The van der Waals surface area contributed by atoms with E-state index in [9.17, 15) is 9.59 Å². The van der Waals surface area contributed by atoms with E-state index in [2.05, 4.69) is 10.3 Å². The van der Waals surface area contributed by atoms with Crippen molar-refractivity contribution in [3.8, 4) is 0 Å². The smallest absolute Gasteiger partial charge is 0.264 e. The Morgan fingerprint density at radius 3 is 2.72 bits per heavy atom. The van der Waals surface area contributed by atoms with Crippen LogP contribution in [0.2, 0.25) is 0 Å². The number of benzene rings is 1. The van der Waals surface area contributed by atoms with Gasteiger partial charge in [-0.2, -0.15) is 0 Å². The van der Waals surface area contributed by atoms with Gasteiger partial charge in [-0.25, -0.2) is 0 Å². The van der Waals surface area contributed by atoms with Crippen LogP contribution in [0.1, 0.15) is 40.5 Å². The van der Waals surface area contributed by atoms with Crippen LogP contribution in [-0.4, -0.2) is 15.5 Å². The van der Waals surface area contributed by atoms with Crippen molar-refractivity contribution >= 4 is 22.5 Å². The molecule has 1 fully saturated rings. The van der Waals surface area contributed by atoms with Gasteiger partial charge in [-0.3, -0.25) is 14.6 Å². The summed E-state index contributed by atoms with van der Waals surface area (Å²) in [5.74, 6) is -0.380. The molecule has 1 aromatic carbocycles. The summed E-state index contributed by atoms with van der Waals surface area (Å²) < 4.78 is 1.75. The Bertz CT molecular complexity index is 1040. The van der Waals surface area contributed by atoms with Crippen molar-refractivity contribution < 1.29 is 4.79 Å². The SMILES string of the molecule is Cc1cc(C)n(C2CC2)c(=O)c1C(=O)Nc1cccc2cccnc12. The van der Waals surface area contributed by atoms with Gasteiger partial charge in [0, 0.05) is 23.3 Å². The molecule has 5 heteroatoms. The molecule has 1 aliphatic carbocycles. The second kappa shape index (κ2) is 5.84.